The van der Waals surface area contributed by atoms with Crippen molar-refractivity contribution in [2.24, 2.45) is 0 Å². The molecule has 0 spiro atoms. The van der Waals surface area contributed by atoms with E-state index in [1.165, 1.54) is 5.56 Å². The van der Waals surface area contributed by atoms with E-state index in [1.807, 2.05) is 18.2 Å². The van der Waals surface area contributed by atoms with Gasteiger partial charge in [0.1, 0.15) is 0 Å². The van der Waals surface area contributed by atoms with Gasteiger partial charge in [0.2, 0.25) is 0 Å². The summed E-state index contributed by atoms with van der Waals surface area (Å²) in [5.41, 5.74) is 1.31. The van der Waals surface area contributed by atoms with Crippen LogP contribution in [0.1, 0.15) is 5.56 Å². The predicted octanol–water partition coefficient (Wildman–Crippen LogP) is 3.05. The van der Waals surface area contributed by atoms with Gasteiger partial charge in [-0.2, -0.15) is 0 Å². The number of benzene rings is 1. The fourth-order valence-corrected chi connectivity index (χ4v) is 0.972. The van der Waals surface area contributed by atoms with Crippen LogP contribution in [-0.2, 0) is 6.42 Å². The monoisotopic (exact) mass is 220 g/mol. The Morgan fingerprint density at radius 2 is 1.70 bits per heavy atom. The zero-order valence-electron chi connectivity index (χ0n) is 5.59. The highest BCUT2D eigenvalue weighted by Crippen LogP contribution is 1.99. The molecule has 0 amide bonds. The molecule has 2 heteroatoms. The number of halogens is 2. The maximum atomic E-state index is 5.54. The van der Waals surface area contributed by atoms with Crippen LogP contribution in [0.25, 0.3) is 0 Å². The summed E-state index contributed by atoms with van der Waals surface area (Å²) in [4.78, 5) is 0. The van der Waals surface area contributed by atoms with Crippen molar-refractivity contribution in [2.75, 3.05) is 5.88 Å². The van der Waals surface area contributed by atoms with Crippen molar-refractivity contribution in [1.82, 2.24) is 0 Å². The van der Waals surface area contributed by atoms with Crippen molar-refractivity contribution >= 4 is 28.6 Å². The van der Waals surface area contributed by atoms with Crippen LogP contribution in [0.5, 0.6) is 0 Å². The van der Waals surface area contributed by atoms with E-state index in [-0.39, 0.29) is 17.0 Å². The van der Waals surface area contributed by atoms with Crippen LogP contribution in [0.3, 0.4) is 0 Å². The quantitative estimate of drug-likeness (QED) is 0.674. The lowest BCUT2D eigenvalue weighted by Crippen LogP contribution is -1.82. The van der Waals surface area contributed by atoms with E-state index in [0.717, 1.165) is 6.42 Å². The Kier molecular flexibility index (Phi) is 5.74. The molecule has 56 valence electrons. The Morgan fingerprint density at radius 3 is 2.20 bits per heavy atom. The summed E-state index contributed by atoms with van der Waals surface area (Å²) in [5.74, 6) is 0.712. The zero-order chi connectivity index (χ0) is 6.53. The molecule has 10 heavy (non-hydrogen) atoms. The van der Waals surface area contributed by atoms with Gasteiger partial charge in [0.15, 0.2) is 0 Å². The van der Waals surface area contributed by atoms with Gasteiger partial charge in [0.25, 0.3) is 0 Å². The van der Waals surface area contributed by atoms with E-state index < -0.39 is 0 Å². The topological polar surface area (TPSA) is 0 Å². The molecule has 0 fully saturated rings. The molecule has 1 aromatic carbocycles. The first-order chi connectivity index (χ1) is 4.43. The van der Waals surface area contributed by atoms with Crippen molar-refractivity contribution in [3.63, 3.8) is 0 Å². The first kappa shape index (κ1) is 9.99. The van der Waals surface area contributed by atoms with Crippen LogP contribution in [0.15, 0.2) is 30.3 Å². The summed E-state index contributed by atoms with van der Waals surface area (Å²) in [6, 6.07) is 10.2. The molecular weight excluding hydrogens is 211 g/mol. The summed E-state index contributed by atoms with van der Waals surface area (Å²) in [5, 5.41) is 0. The first-order valence-corrected chi connectivity index (χ1v) is 3.57. The molecule has 0 aliphatic carbocycles. The lowest BCUT2D eigenvalue weighted by Gasteiger charge is -1.92. The van der Waals surface area contributed by atoms with E-state index in [1.54, 1.807) is 0 Å². The molecule has 0 aromatic heterocycles. The highest BCUT2D eigenvalue weighted by atomic mass is 79.9. The molecule has 0 atom stereocenters. The second-order valence-electron chi connectivity index (χ2n) is 1.92. The first-order valence-electron chi connectivity index (χ1n) is 3.03. The molecule has 0 unspecified atom stereocenters. The van der Waals surface area contributed by atoms with Crippen LogP contribution in [0, 0.1) is 0 Å². The SMILES string of the molecule is Br.ClCCc1ccccc1. The minimum absolute atomic E-state index is 0. The molecule has 0 bridgehead atoms. The van der Waals surface area contributed by atoms with Gasteiger partial charge >= 0.3 is 0 Å². The maximum Gasteiger partial charge on any atom is 0.0263 e. The standard InChI is InChI=1S/C8H9Cl.BrH/c9-7-6-8-4-2-1-3-5-8;/h1-5H,6-7H2;1H. The predicted molar refractivity (Wildman–Crippen MR) is 51.2 cm³/mol. The Bertz CT molecular complexity index is 162. The van der Waals surface area contributed by atoms with E-state index in [9.17, 15) is 0 Å². The molecule has 0 nitrogen and oxygen atoms in total. The van der Waals surface area contributed by atoms with Gasteiger partial charge in [-0.25, -0.2) is 0 Å². The average molecular weight is 222 g/mol. The fourth-order valence-electron chi connectivity index (χ4n) is 0.754. The minimum atomic E-state index is 0. The van der Waals surface area contributed by atoms with Gasteiger partial charge in [-0.1, -0.05) is 30.3 Å². The number of hydrogen-bond acceptors (Lipinski definition) is 0. The Morgan fingerprint density at radius 1 is 1.10 bits per heavy atom. The van der Waals surface area contributed by atoms with E-state index in [2.05, 4.69) is 12.1 Å². The van der Waals surface area contributed by atoms with Crippen molar-refractivity contribution in [1.29, 1.82) is 0 Å². The van der Waals surface area contributed by atoms with Gasteiger partial charge in [0.05, 0.1) is 0 Å². The number of rotatable bonds is 2. The molecule has 1 rings (SSSR count). The maximum absolute atomic E-state index is 5.54. The third-order valence-electron chi connectivity index (χ3n) is 1.23. The van der Waals surface area contributed by atoms with Gasteiger partial charge in [-0.05, 0) is 12.0 Å². The smallest absolute Gasteiger partial charge is 0.0263 e. The van der Waals surface area contributed by atoms with Gasteiger partial charge in [-0.3, -0.25) is 0 Å². The molecule has 0 aliphatic rings. The van der Waals surface area contributed by atoms with Crippen LogP contribution < -0.4 is 0 Å². The van der Waals surface area contributed by atoms with Crippen LogP contribution in [0.4, 0.5) is 0 Å². The second kappa shape index (κ2) is 5.75. The van der Waals surface area contributed by atoms with Crippen molar-refractivity contribution < 1.29 is 0 Å². The molecule has 0 saturated heterocycles. The van der Waals surface area contributed by atoms with Gasteiger partial charge in [-0.15, -0.1) is 28.6 Å². The summed E-state index contributed by atoms with van der Waals surface area (Å²) >= 11 is 5.54. The van der Waals surface area contributed by atoms with Crippen LogP contribution in [0.2, 0.25) is 0 Å². The Balaban J connectivity index is 0.000000810. The summed E-state index contributed by atoms with van der Waals surface area (Å²) in [7, 11) is 0. The Labute approximate surface area is 77.0 Å². The van der Waals surface area contributed by atoms with Crippen molar-refractivity contribution in [3.05, 3.63) is 35.9 Å². The lowest BCUT2D eigenvalue weighted by atomic mass is 10.2. The molecule has 0 radical (unpaired) electrons. The Hall–Kier alpha value is -0.0100. The van der Waals surface area contributed by atoms with Crippen LogP contribution >= 0.6 is 28.6 Å². The minimum Gasteiger partial charge on any atom is -0.126 e. The molecule has 0 N–H and O–H groups in total. The number of hydrogen-bond donors (Lipinski definition) is 0. The lowest BCUT2D eigenvalue weighted by molar-refractivity contribution is 1.15. The fraction of sp³-hybridized carbons (Fsp3) is 0.250. The summed E-state index contributed by atoms with van der Waals surface area (Å²) in [6.07, 6.45) is 0.975. The molecule has 1 aromatic rings. The number of aryl methyl sites for hydroxylation is 1. The highest BCUT2D eigenvalue weighted by Gasteiger charge is 1.85. The van der Waals surface area contributed by atoms with E-state index in [4.69, 9.17) is 11.6 Å². The summed E-state index contributed by atoms with van der Waals surface area (Å²) < 4.78 is 0. The van der Waals surface area contributed by atoms with Crippen molar-refractivity contribution in [3.8, 4) is 0 Å². The molecule has 0 saturated carbocycles. The van der Waals surface area contributed by atoms with Crippen LogP contribution in [-0.4, -0.2) is 5.88 Å². The zero-order valence-corrected chi connectivity index (χ0v) is 8.06. The van der Waals surface area contributed by atoms with E-state index >= 15 is 0 Å². The van der Waals surface area contributed by atoms with Crippen molar-refractivity contribution in [2.45, 2.75) is 6.42 Å². The van der Waals surface area contributed by atoms with E-state index in [0.29, 0.717) is 5.88 Å². The largest absolute Gasteiger partial charge is 0.126 e. The third-order valence-corrected chi connectivity index (χ3v) is 1.41. The molecule has 0 heterocycles. The third kappa shape index (κ3) is 3.23. The molecular formula is C8H10BrCl. The van der Waals surface area contributed by atoms with Gasteiger partial charge < -0.3 is 0 Å². The summed E-state index contributed by atoms with van der Waals surface area (Å²) in [6.45, 7) is 0. The number of alkyl halides is 1. The molecule has 0 aliphatic heterocycles. The normalized spacial score (nSPS) is 8.50. The second-order valence-corrected chi connectivity index (χ2v) is 2.30. The average Bonchev–Trinajstić information content (AvgIpc) is 1.91. The highest BCUT2D eigenvalue weighted by molar-refractivity contribution is 8.93. The van der Waals surface area contributed by atoms with Gasteiger partial charge in [0, 0.05) is 5.88 Å².